The number of nitrogens with zero attached hydrogens (tertiary/aromatic N) is 2. The second-order valence-corrected chi connectivity index (χ2v) is 8.79. The number of aryl methyl sites for hydroxylation is 1. The first kappa shape index (κ1) is 22.2. The molecule has 0 saturated carbocycles. The van der Waals surface area contributed by atoms with Gasteiger partial charge in [-0.1, -0.05) is 6.07 Å². The number of fused-ring (bicyclic) bond motifs is 2. The summed E-state index contributed by atoms with van der Waals surface area (Å²) in [4.78, 5) is 29.6. The third kappa shape index (κ3) is 4.07. The number of carbonyl (C=O) groups excluding carboxylic acids is 1. The maximum atomic E-state index is 15.1. The van der Waals surface area contributed by atoms with Gasteiger partial charge in [-0.3, -0.25) is 9.59 Å². The predicted octanol–water partition coefficient (Wildman–Crippen LogP) is 1.15. The van der Waals surface area contributed by atoms with E-state index in [1.807, 2.05) is 22.5 Å². The molecule has 8 nitrogen and oxygen atoms in total. The van der Waals surface area contributed by atoms with Gasteiger partial charge in [0.2, 0.25) is 12.2 Å². The predicted molar refractivity (Wildman–Crippen MR) is 126 cm³/mol. The van der Waals surface area contributed by atoms with E-state index < -0.39 is 17.2 Å². The van der Waals surface area contributed by atoms with Crippen molar-refractivity contribution in [2.75, 3.05) is 44.9 Å². The van der Waals surface area contributed by atoms with Crippen LogP contribution in [0, 0.1) is 5.82 Å². The average molecular weight is 468 g/mol. The first-order valence-electron chi connectivity index (χ1n) is 11.5. The van der Waals surface area contributed by atoms with Gasteiger partial charge in [-0.2, -0.15) is 0 Å². The van der Waals surface area contributed by atoms with Gasteiger partial charge < -0.3 is 29.2 Å². The van der Waals surface area contributed by atoms with Crippen LogP contribution in [0.15, 0.2) is 41.3 Å². The van der Waals surface area contributed by atoms with Gasteiger partial charge in [-0.15, -0.1) is 0 Å². The maximum Gasteiger partial charge on any atom is 0.257 e. The molecule has 0 atom stereocenters. The van der Waals surface area contributed by atoms with Crippen molar-refractivity contribution < 1.29 is 23.6 Å². The summed E-state index contributed by atoms with van der Waals surface area (Å²) in [7, 11) is 2.13. The molecule has 1 aromatic heterocycles. The molecule has 0 spiro atoms. The minimum Gasteiger partial charge on any atom is -0.454 e. The quantitative estimate of drug-likeness (QED) is 0.589. The van der Waals surface area contributed by atoms with Crippen LogP contribution in [-0.2, 0) is 13.1 Å². The van der Waals surface area contributed by atoms with Gasteiger partial charge in [-0.05, 0) is 36.8 Å². The number of quaternary nitrogens is 1. The highest BCUT2D eigenvalue weighted by molar-refractivity contribution is 5.97. The van der Waals surface area contributed by atoms with E-state index in [4.69, 9.17) is 9.47 Å². The molecule has 3 aromatic rings. The van der Waals surface area contributed by atoms with Crippen LogP contribution in [0.25, 0.3) is 10.9 Å². The number of halogens is 1. The van der Waals surface area contributed by atoms with E-state index in [9.17, 15) is 9.59 Å². The van der Waals surface area contributed by atoms with Gasteiger partial charge in [0, 0.05) is 24.7 Å². The Morgan fingerprint density at radius 2 is 1.91 bits per heavy atom. The smallest absolute Gasteiger partial charge is 0.257 e. The van der Waals surface area contributed by atoms with Crippen molar-refractivity contribution >= 4 is 22.5 Å². The SMILES string of the molecule is CCn1cc(C(=O)NCc2ccc3c(c2)OCO3)c(=O)c2cc(F)c(N3CC[NH+](C)CC3)cc21. The molecule has 34 heavy (non-hydrogen) atoms. The van der Waals surface area contributed by atoms with Gasteiger partial charge in [0.15, 0.2) is 11.5 Å². The summed E-state index contributed by atoms with van der Waals surface area (Å²) in [6, 6.07) is 8.43. The summed E-state index contributed by atoms with van der Waals surface area (Å²) >= 11 is 0. The standard InChI is InChI=1S/C25H27FN4O4/c1-3-29-14-18(25(32)27-13-16-4-5-22-23(10-16)34-15-33-22)24(31)17-11-19(26)21(12-20(17)29)30-8-6-28(2)7-9-30/h4-5,10-12,14H,3,6-9,13,15H2,1-2H3,(H,27,32)/p+1. The lowest BCUT2D eigenvalue weighted by Crippen LogP contribution is -3.12. The number of pyridine rings is 1. The maximum absolute atomic E-state index is 15.1. The Morgan fingerprint density at radius 1 is 1.15 bits per heavy atom. The Kier molecular flexibility index (Phi) is 5.87. The summed E-state index contributed by atoms with van der Waals surface area (Å²) in [5, 5.41) is 3.00. The molecule has 2 aliphatic rings. The van der Waals surface area contributed by atoms with E-state index in [1.165, 1.54) is 11.0 Å². The zero-order chi connectivity index (χ0) is 23.8. The number of hydrogen-bond donors (Lipinski definition) is 2. The molecule has 0 unspecified atom stereocenters. The van der Waals surface area contributed by atoms with E-state index in [0.29, 0.717) is 29.2 Å². The number of piperazine rings is 1. The molecular formula is C25H28FN4O4+. The Morgan fingerprint density at radius 3 is 2.68 bits per heavy atom. The number of amides is 1. The van der Waals surface area contributed by atoms with Crippen molar-refractivity contribution in [2.24, 2.45) is 0 Å². The van der Waals surface area contributed by atoms with Gasteiger partial charge in [-0.25, -0.2) is 4.39 Å². The average Bonchev–Trinajstić information content (AvgIpc) is 3.31. The number of hydrogen-bond acceptors (Lipinski definition) is 5. The first-order chi connectivity index (χ1) is 16.4. The Bertz CT molecular complexity index is 1310. The molecule has 9 heteroatoms. The van der Waals surface area contributed by atoms with Crippen LogP contribution in [0.4, 0.5) is 10.1 Å². The fourth-order valence-electron chi connectivity index (χ4n) is 4.52. The lowest BCUT2D eigenvalue weighted by atomic mass is 10.1. The third-order valence-corrected chi connectivity index (χ3v) is 6.58. The largest absolute Gasteiger partial charge is 0.454 e. The van der Waals surface area contributed by atoms with E-state index in [1.54, 1.807) is 24.4 Å². The molecule has 1 saturated heterocycles. The summed E-state index contributed by atoms with van der Waals surface area (Å²) < 4.78 is 27.6. The molecule has 0 radical (unpaired) electrons. The zero-order valence-corrected chi connectivity index (χ0v) is 19.3. The Hall–Kier alpha value is -3.59. The van der Waals surface area contributed by atoms with E-state index in [2.05, 4.69) is 12.4 Å². The minimum atomic E-state index is -0.502. The molecule has 2 aliphatic heterocycles. The summed E-state index contributed by atoms with van der Waals surface area (Å²) in [5.41, 5.74) is 1.46. The zero-order valence-electron chi connectivity index (χ0n) is 19.3. The second-order valence-electron chi connectivity index (χ2n) is 8.79. The lowest BCUT2D eigenvalue weighted by molar-refractivity contribution is -0.880. The van der Waals surface area contributed by atoms with Crippen molar-refractivity contribution in [1.82, 2.24) is 9.88 Å². The molecule has 0 aliphatic carbocycles. The van der Waals surface area contributed by atoms with Crippen molar-refractivity contribution in [3.05, 3.63) is 63.7 Å². The fraction of sp³-hybridized carbons (Fsp3) is 0.360. The molecule has 2 N–H and O–H groups in total. The van der Waals surface area contributed by atoms with Crippen LogP contribution in [0.2, 0.25) is 0 Å². The second kappa shape index (κ2) is 8.98. The molecule has 5 rings (SSSR count). The number of nitrogens with one attached hydrogen (secondary N) is 2. The highest BCUT2D eigenvalue weighted by atomic mass is 19.1. The molecule has 1 amide bonds. The van der Waals surface area contributed by atoms with Gasteiger partial charge in [0.05, 0.1) is 44.4 Å². The number of ether oxygens (including phenoxy) is 2. The highest BCUT2D eigenvalue weighted by Gasteiger charge is 2.23. The van der Waals surface area contributed by atoms with Crippen LogP contribution < -0.4 is 30.0 Å². The summed E-state index contributed by atoms with van der Waals surface area (Å²) in [6.45, 7) is 6.24. The van der Waals surface area contributed by atoms with Crippen molar-refractivity contribution in [3.63, 3.8) is 0 Å². The topological polar surface area (TPSA) is 77.2 Å². The third-order valence-electron chi connectivity index (χ3n) is 6.58. The number of anilines is 1. The van der Waals surface area contributed by atoms with Gasteiger partial charge in [0.1, 0.15) is 11.4 Å². The van der Waals surface area contributed by atoms with Crippen molar-refractivity contribution in [1.29, 1.82) is 0 Å². The van der Waals surface area contributed by atoms with Crippen molar-refractivity contribution in [3.8, 4) is 11.5 Å². The minimum absolute atomic E-state index is 0.00885. The molecule has 178 valence electrons. The Labute approximate surface area is 196 Å². The van der Waals surface area contributed by atoms with E-state index >= 15 is 4.39 Å². The first-order valence-corrected chi connectivity index (χ1v) is 11.5. The summed E-state index contributed by atoms with van der Waals surface area (Å²) in [6.07, 6.45) is 1.56. The van der Waals surface area contributed by atoms with E-state index in [-0.39, 0.29) is 24.3 Å². The lowest BCUT2D eigenvalue weighted by Gasteiger charge is -2.32. The number of carbonyl (C=O) groups is 1. The molecule has 3 heterocycles. The number of aromatic nitrogens is 1. The van der Waals surface area contributed by atoms with Crippen LogP contribution in [0.3, 0.4) is 0 Å². The van der Waals surface area contributed by atoms with Crippen LogP contribution in [-0.4, -0.2) is 50.5 Å². The van der Waals surface area contributed by atoms with E-state index in [0.717, 1.165) is 31.7 Å². The molecular weight excluding hydrogens is 439 g/mol. The monoisotopic (exact) mass is 467 g/mol. The van der Waals surface area contributed by atoms with Crippen LogP contribution >= 0.6 is 0 Å². The molecule has 1 fully saturated rings. The number of benzene rings is 2. The van der Waals surface area contributed by atoms with Crippen LogP contribution in [0.1, 0.15) is 22.8 Å². The summed E-state index contributed by atoms with van der Waals surface area (Å²) in [5.74, 6) is 0.344. The molecule has 0 bridgehead atoms. The van der Waals surface area contributed by atoms with Gasteiger partial charge >= 0.3 is 0 Å². The number of likely N-dealkylation sites (N-methyl/N-ethyl adjacent to an activating group) is 1. The Balaban J connectivity index is 1.43. The van der Waals surface area contributed by atoms with Crippen LogP contribution in [0.5, 0.6) is 11.5 Å². The number of rotatable bonds is 5. The fourth-order valence-corrected chi connectivity index (χ4v) is 4.52. The van der Waals surface area contributed by atoms with Crippen molar-refractivity contribution in [2.45, 2.75) is 20.0 Å². The molecule has 2 aromatic carbocycles. The van der Waals surface area contributed by atoms with Gasteiger partial charge in [0.25, 0.3) is 5.91 Å². The normalized spacial score (nSPS) is 15.7. The highest BCUT2D eigenvalue weighted by Crippen LogP contribution is 2.32.